The van der Waals surface area contributed by atoms with E-state index in [1.807, 2.05) is 6.20 Å². The Hall–Kier alpha value is -1.32. The Morgan fingerprint density at radius 1 is 1.24 bits per heavy atom. The molecule has 1 N–H and O–H groups in total. The van der Waals surface area contributed by atoms with E-state index in [1.165, 1.54) is 18.5 Å². The molecule has 1 heterocycles. The molecule has 0 atom stereocenters. The zero-order chi connectivity index (χ0) is 11.8. The van der Waals surface area contributed by atoms with Crippen LogP contribution in [-0.2, 0) is 4.79 Å². The quantitative estimate of drug-likeness (QED) is 0.874. The molecule has 3 rings (SSSR count). The second kappa shape index (κ2) is 4.17. The lowest BCUT2D eigenvalue weighted by atomic mass is 9.86. The first-order valence-corrected chi connectivity index (χ1v) is 6.52. The summed E-state index contributed by atoms with van der Waals surface area (Å²) in [6, 6.07) is 2.55. The van der Waals surface area contributed by atoms with E-state index in [2.05, 4.69) is 15.8 Å². The van der Waals surface area contributed by atoms with Gasteiger partial charge in [0.25, 0.3) is 0 Å². The Labute approximate surface area is 101 Å². The summed E-state index contributed by atoms with van der Waals surface area (Å²) in [4.78, 5) is 10.9. The summed E-state index contributed by atoms with van der Waals surface area (Å²) in [6.45, 7) is 0. The van der Waals surface area contributed by atoms with Gasteiger partial charge in [-0.15, -0.1) is 0 Å². The predicted octanol–water partition coefficient (Wildman–Crippen LogP) is 2.58. The number of nitrogens with zero attached hydrogens (tertiary/aromatic N) is 2. The number of hydrogen-bond donors (Lipinski definition) is 1. The lowest BCUT2D eigenvalue weighted by Crippen LogP contribution is -2.24. The van der Waals surface area contributed by atoms with E-state index in [0.29, 0.717) is 6.04 Å². The second-order valence-corrected chi connectivity index (χ2v) is 5.32. The van der Waals surface area contributed by atoms with Gasteiger partial charge >= 0.3 is 5.97 Å². The molecule has 0 unspecified atom stereocenters. The summed E-state index contributed by atoms with van der Waals surface area (Å²) in [5, 5.41) is 13.4. The van der Waals surface area contributed by atoms with Crippen LogP contribution in [0.4, 0.5) is 0 Å². The van der Waals surface area contributed by atoms with Crippen LogP contribution in [0, 0.1) is 5.92 Å². The van der Waals surface area contributed by atoms with E-state index in [-0.39, 0.29) is 5.92 Å². The van der Waals surface area contributed by atoms with Gasteiger partial charge in [0.2, 0.25) is 0 Å². The Morgan fingerprint density at radius 2 is 1.94 bits per heavy atom. The molecule has 0 aromatic carbocycles. The van der Waals surface area contributed by atoms with Crippen LogP contribution < -0.4 is 0 Å². The standard InChI is InChI=1S/C13H18N2O2/c16-13(17)10-3-5-11(6-4-10)15-12(7-8-14-15)9-1-2-9/h7-11H,1-6H2,(H,16,17). The molecular weight excluding hydrogens is 216 g/mol. The maximum atomic E-state index is 10.9. The minimum absolute atomic E-state index is 0.133. The summed E-state index contributed by atoms with van der Waals surface area (Å²) >= 11 is 0. The number of rotatable bonds is 3. The van der Waals surface area contributed by atoms with Gasteiger partial charge in [0.05, 0.1) is 12.0 Å². The van der Waals surface area contributed by atoms with Crippen molar-refractivity contribution in [2.75, 3.05) is 0 Å². The molecule has 4 heteroatoms. The highest BCUT2D eigenvalue weighted by Gasteiger charge is 2.32. The first-order chi connectivity index (χ1) is 8.25. The Morgan fingerprint density at radius 3 is 2.53 bits per heavy atom. The molecule has 1 aromatic rings. The monoisotopic (exact) mass is 234 g/mol. The van der Waals surface area contributed by atoms with Gasteiger partial charge in [-0.25, -0.2) is 0 Å². The number of carboxylic acid groups (broad SMARTS) is 1. The average Bonchev–Trinajstić information content (AvgIpc) is 3.07. The third kappa shape index (κ3) is 2.08. The van der Waals surface area contributed by atoms with Crippen molar-refractivity contribution < 1.29 is 9.90 Å². The molecular formula is C13H18N2O2. The number of aliphatic carboxylic acids is 1. The maximum Gasteiger partial charge on any atom is 0.306 e. The SMILES string of the molecule is O=C(O)C1CCC(n2nccc2C2CC2)CC1. The van der Waals surface area contributed by atoms with E-state index in [0.717, 1.165) is 31.6 Å². The molecule has 0 bridgehead atoms. The van der Waals surface area contributed by atoms with Gasteiger partial charge in [0.1, 0.15) is 0 Å². The van der Waals surface area contributed by atoms with E-state index in [1.54, 1.807) is 0 Å². The van der Waals surface area contributed by atoms with E-state index >= 15 is 0 Å². The number of hydrogen-bond acceptors (Lipinski definition) is 2. The van der Waals surface area contributed by atoms with Gasteiger partial charge in [-0.1, -0.05) is 0 Å². The van der Waals surface area contributed by atoms with Crippen LogP contribution in [0.3, 0.4) is 0 Å². The van der Waals surface area contributed by atoms with Crippen molar-refractivity contribution in [3.8, 4) is 0 Å². The maximum absolute atomic E-state index is 10.9. The van der Waals surface area contributed by atoms with Crippen LogP contribution in [0.5, 0.6) is 0 Å². The third-order valence-corrected chi connectivity index (χ3v) is 4.09. The lowest BCUT2D eigenvalue weighted by Gasteiger charge is -2.27. The minimum atomic E-state index is -0.633. The number of carboxylic acids is 1. The van der Waals surface area contributed by atoms with Gasteiger partial charge in [0, 0.05) is 17.8 Å². The molecule has 1 aromatic heterocycles. The van der Waals surface area contributed by atoms with Crippen molar-refractivity contribution in [1.82, 2.24) is 9.78 Å². The molecule has 92 valence electrons. The fourth-order valence-corrected chi connectivity index (χ4v) is 2.90. The number of carbonyl (C=O) groups is 1. The highest BCUT2D eigenvalue weighted by molar-refractivity contribution is 5.70. The van der Waals surface area contributed by atoms with Crippen molar-refractivity contribution >= 4 is 5.97 Å². The molecule has 0 radical (unpaired) electrons. The van der Waals surface area contributed by atoms with Crippen molar-refractivity contribution in [2.45, 2.75) is 50.5 Å². The number of aromatic nitrogens is 2. The lowest BCUT2D eigenvalue weighted by molar-refractivity contribution is -0.143. The molecule has 4 nitrogen and oxygen atoms in total. The first-order valence-electron chi connectivity index (χ1n) is 6.52. The van der Waals surface area contributed by atoms with Crippen LogP contribution in [-0.4, -0.2) is 20.9 Å². The van der Waals surface area contributed by atoms with Crippen LogP contribution in [0.25, 0.3) is 0 Å². The molecule has 2 fully saturated rings. The van der Waals surface area contributed by atoms with E-state index < -0.39 is 5.97 Å². The molecule has 0 spiro atoms. The van der Waals surface area contributed by atoms with Gasteiger partial charge in [-0.05, 0) is 44.6 Å². The zero-order valence-corrected chi connectivity index (χ0v) is 9.88. The predicted molar refractivity (Wildman–Crippen MR) is 62.8 cm³/mol. The summed E-state index contributed by atoms with van der Waals surface area (Å²) < 4.78 is 2.16. The van der Waals surface area contributed by atoms with Crippen molar-refractivity contribution in [2.24, 2.45) is 5.92 Å². The van der Waals surface area contributed by atoms with Crippen molar-refractivity contribution in [3.63, 3.8) is 0 Å². The molecule has 0 saturated heterocycles. The molecule has 0 amide bonds. The second-order valence-electron chi connectivity index (χ2n) is 5.32. The van der Waals surface area contributed by atoms with Gasteiger partial charge in [0.15, 0.2) is 0 Å². The fourth-order valence-electron chi connectivity index (χ4n) is 2.90. The summed E-state index contributed by atoms with van der Waals surface area (Å²) in [5.41, 5.74) is 1.36. The normalized spacial score (nSPS) is 29.2. The van der Waals surface area contributed by atoms with E-state index in [4.69, 9.17) is 5.11 Å². The Kier molecular flexibility index (Phi) is 2.65. The van der Waals surface area contributed by atoms with Crippen molar-refractivity contribution in [1.29, 1.82) is 0 Å². The van der Waals surface area contributed by atoms with Gasteiger partial charge < -0.3 is 5.11 Å². The first kappa shape index (κ1) is 10.8. The summed E-state index contributed by atoms with van der Waals surface area (Å²) in [7, 11) is 0. The van der Waals surface area contributed by atoms with Crippen LogP contribution in [0.2, 0.25) is 0 Å². The molecule has 2 aliphatic rings. The van der Waals surface area contributed by atoms with Crippen molar-refractivity contribution in [3.05, 3.63) is 18.0 Å². The van der Waals surface area contributed by atoms with Crippen LogP contribution >= 0.6 is 0 Å². The smallest absolute Gasteiger partial charge is 0.306 e. The summed E-state index contributed by atoms with van der Waals surface area (Å²) in [6.07, 6.45) is 7.97. The summed E-state index contributed by atoms with van der Waals surface area (Å²) in [5.74, 6) is -0.0489. The van der Waals surface area contributed by atoms with E-state index in [9.17, 15) is 4.79 Å². The topological polar surface area (TPSA) is 55.1 Å². The largest absolute Gasteiger partial charge is 0.481 e. The molecule has 2 saturated carbocycles. The highest BCUT2D eigenvalue weighted by atomic mass is 16.4. The molecule has 17 heavy (non-hydrogen) atoms. The zero-order valence-electron chi connectivity index (χ0n) is 9.88. The highest BCUT2D eigenvalue weighted by Crippen LogP contribution is 2.42. The fraction of sp³-hybridized carbons (Fsp3) is 0.692. The average molecular weight is 234 g/mol. The Balaban J connectivity index is 1.69. The van der Waals surface area contributed by atoms with Crippen LogP contribution in [0.15, 0.2) is 12.3 Å². The Bertz CT molecular complexity index is 415. The van der Waals surface area contributed by atoms with Gasteiger partial charge in [-0.3, -0.25) is 9.48 Å². The third-order valence-electron chi connectivity index (χ3n) is 4.09. The molecule has 0 aliphatic heterocycles. The van der Waals surface area contributed by atoms with Gasteiger partial charge in [-0.2, -0.15) is 5.10 Å². The van der Waals surface area contributed by atoms with Crippen LogP contribution in [0.1, 0.15) is 56.2 Å². The molecule has 2 aliphatic carbocycles. The minimum Gasteiger partial charge on any atom is -0.481 e.